The van der Waals surface area contributed by atoms with Gasteiger partial charge in [-0.25, -0.2) is 4.79 Å². The van der Waals surface area contributed by atoms with Crippen molar-refractivity contribution in [3.05, 3.63) is 39.6 Å². The molecule has 0 radical (unpaired) electrons. The van der Waals surface area contributed by atoms with Gasteiger partial charge in [-0.1, -0.05) is 6.07 Å². The molecule has 1 rings (SSSR count). The van der Waals surface area contributed by atoms with Crippen LogP contribution in [0.15, 0.2) is 29.5 Å². The molecule has 1 aromatic rings. The molecule has 0 saturated carbocycles. The summed E-state index contributed by atoms with van der Waals surface area (Å²) >= 11 is 0. The molecule has 15 heavy (non-hydrogen) atoms. The SMILES string of the molecule is O=CNN=[N+]([O-])c1cccc([N+](=O)[O-])c1. The van der Waals surface area contributed by atoms with Crippen molar-refractivity contribution in [3.8, 4) is 0 Å². The van der Waals surface area contributed by atoms with Crippen molar-refractivity contribution in [2.75, 3.05) is 0 Å². The third-order valence-corrected chi connectivity index (χ3v) is 1.46. The first-order valence-electron chi connectivity index (χ1n) is 3.76. The standard InChI is InChI=1S/C7H6N4O4/c12-5-8-9-10(13)6-2-1-3-7(4-6)11(14)15/h1-5H,(H,8,12). The molecule has 1 aromatic carbocycles. The Labute approximate surface area is 83.5 Å². The van der Waals surface area contributed by atoms with Gasteiger partial charge in [-0.15, -0.1) is 10.3 Å². The molecule has 0 heterocycles. The van der Waals surface area contributed by atoms with E-state index in [4.69, 9.17) is 0 Å². The molecule has 0 aliphatic carbocycles. The minimum atomic E-state index is -0.634. The number of hydrogen-bond acceptors (Lipinski definition) is 5. The van der Waals surface area contributed by atoms with Crippen LogP contribution in [-0.2, 0) is 4.79 Å². The molecule has 78 valence electrons. The average Bonchev–Trinajstić information content (AvgIpc) is 2.26. The number of benzene rings is 1. The van der Waals surface area contributed by atoms with Crippen LogP contribution in [0.2, 0.25) is 0 Å². The molecule has 0 fully saturated rings. The van der Waals surface area contributed by atoms with Gasteiger partial charge >= 0.3 is 6.41 Å². The maximum absolute atomic E-state index is 11.1. The Morgan fingerprint density at radius 1 is 1.33 bits per heavy atom. The largest absolute Gasteiger partial charge is 0.691 e. The van der Waals surface area contributed by atoms with Crippen LogP contribution in [0.1, 0.15) is 0 Å². The molecular weight excluding hydrogens is 204 g/mol. The first-order chi connectivity index (χ1) is 7.15. The van der Waals surface area contributed by atoms with E-state index in [-0.39, 0.29) is 22.6 Å². The van der Waals surface area contributed by atoms with Crippen LogP contribution in [0, 0.1) is 15.3 Å². The Hall–Kier alpha value is -2.51. The van der Waals surface area contributed by atoms with Gasteiger partial charge in [0.05, 0.1) is 16.2 Å². The van der Waals surface area contributed by atoms with Crippen LogP contribution in [-0.4, -0.2) is 16.2 Å². The van der Waals surface area contributed by atoms with Gasteiger partial charge < -0.3 is 5.21 Å². The molecule has 1 amide bonds. The highest BCUT2D eigenvalue weighted by atomic mass is 16.6. The van der Waals surface area contributed by atoms with Crippen molar-refractivity contribution in [2.24, 2.45) is 5.22 Å². The summed E-state index contributed by atoms with van der Waals surface area (Å²) in [6, 6.07) is 4.96. The highest BCUT2D eigenvalue weighted by Gasteiger charge is 2.07. The summed E-state index contributed by atoms with van der Waals surface area (Å²) in [6.45, 7) is 0. The Bertz CT molecular complexity index is 417. The first-order valence-corrected chi connectivity index (χ1v) is 3.76. The van der Waals surface area contributed by atoms with Gasteiger partial charge in [-0.05, 0) is 6.07 Å². The van der Waals surface area contributed by atoms with Crippen LogP contribution in [0.25, 0.3) is 0 Å². The number of carbonyl (C=O) groups excluding carboxylic acids is 1. The number of non-ortho nitro benzene ring substituents is 1. The Morgan fingerprint density at radius 2 is 2.00 bits per heavy atom. The van der Waals surface area contributed by atoms with E-state index < -0.39 is 4.92 Å². The molecule has 0 unspecified atom stereocenters. The van der Waals surface area contributed by atoms with E-state index >= 15 is 0 Å². The Morgan fingerprint density at radius 3 is 2.60 bits per heavy atom. The second-order valence-electron chi connectivity index (χ2n) is 2.40. The molecular formula is C7H6N4O4. The number of nitro groups is 1. The lowest BCUT2D eigenvalue weighted by atomic mass is 10.3. The van der Waals surface area contributed by atoms with Crippen molar-refractivity contribution in [3.63, 3.8) is 0 Å². The first kappa shape index (κ1) is 10.6. The molecule has 0 spiro atoms. The van der Waals surface area contributed by atoms with Crippen LogP contribution in [0.4, 0.5) is 11.4 Å². The minimum absolute atomic E-state index is 0.0430. The van der Waals surface area contributed by atoms with Gasteiger partial charge in [0.1, 0.15) is 0 Å². The van der Waals surface area contributed by atoms with E-state index in [1.165, 1.54) is 18.2 Å². The summed E-state index contributed by atoms with van der Waals surface area (Å²) in [6.07, 6.45) is 0.211. The van der Waals surface area contributed by atoms with Crippen molar-refractivity contribution in [2.45, 2.75) is 0 Å². The van der Waals surface area contributed by atoms with E-state index in [1.54, 1.807) is 5.43 Å². The van der Waals surface area contributed by atoms with Crippen LogP contribution >= 0.6 is 0 Å². The fourth-order valence-electron chi connectivity index (χ4n) is 0.859. The number of nitrogens with one attached hydrogen (secondary N) is 1. The van der Waals surface area contributed by atoms with Gasteiger partial charge in [0.25, 0.3) is 5.69 Å². The van der Waals surface area contributed by atoms with Crippen LogP contribution in [0.5, 0.6) is 0 Å². The molecule has 0 saturated heterocycles. The molecule has 8 nitrogen and oxygen atoms in total. The molecule has 0 aliphatic rings. The van der Waals surface area contributed by atoms with Gasteiger partial charge in [-0.3, -0.25) is 10.1 Å². The van der Waals surface area contributed by atoms with Gasteiger partial charge in [0.2, 0.25) is 0 Å². The molecule has 0 bridgehead atoms. The lowest BCUT2D eigenvalue weighted by Crippen LogP contribution is -2.05. The predicted octanol–water partition coefficient (Wildman–Crippen LogP) is 0.850. The minimum Gasteiger partial charge on any atom is -0.691 e. The number of nitrogens with zero attached hydrogens (tertiary/aromatic N) is 3. The van der Waals surface area contributed by atoms with E-state index in [2.05, 4.69) is 5.22 Å². The maximum atomic E-state index is 11.1. The Balaban J connectivity index is 2.99. The second-order valence-corrected chi connectivity index (χ2v) is 2.40. The summed E-state index contributed by atoms with van der Waals surface area (Å²) in [5.41, 5.74) is 1.51. The summed E-state index contributed by atoms with van der Waals surface area (Å²) in [4.78, 5) is 19.6. The van der Waals surface area contributed by atoms with Crippen molar-refractivity contribution >= 4 is 17.8 Å². The molecule has 0 aromatic heterocycles. The molecule has 0 atom stereocenters. The number of amides is 1. The number of nitro benzene ring substituents is 1. The highest BCUT2D eigenvalue weighted by Crippen LogP contribution is 2.18. The van der Waals surface area contributed by atoms with Gasteiger partial charge in [0, 0.05) is 6.07 Å². The summed E-state index contributed by atoms with van der Waals surface area (Å²) < 4.78 is 0. The van der Waals surface area contributed by atoms with Crippen molar-refractivity contribution in [1.29, 1.82) is 0 Å². The van der Waals surface area contributed by atoms with E-state index in [0.717, 1.165) is 6.07 Å². The van der Waals surface area contributed by atoms with E-state index in [0.29, 0.717) is 0 Å². The van der Waals surface area contributed by atoms with Gasteiger partial charge in [0.15, 0.2) is 5.69 Å². The average molecular weight is 210 g/mol. The van der Waals surface area contributed by atoms with E-state index in [1.807, 2.05) is 0 Å². The number of hydrogen-bond donors (Lipinski definition) is 1. The quantitative estimate of drug-likeness (QED) is 0.261. The lowest BCUT2D eigenvalue weighted by molar-refractivity contribution is -0.447. The Kier molecular flexibility index (Phi) is 3.28. The molecule has 8 heteroatoms. The number of carbonyl (C=O) groups is 1. The topological polar surface area (TPSA) is 111 Å². The van der Waals surface area contributed by atoms with Gasteiger partial charge in [-0.2, -0.15) is 0 Å². The zero-order valence-electron chi connectivity index (χ0n) is 7.36. The summed E-state index contributed by atoms with van der Waals surface area (Å²) in [5.74, 6) is 0. The van der Waals surface area contributed by atoms with E-state index in [9.17, 15) is 20.1 Å². The van der Waals surface area contributed by atoms with Crippen LogP contribution < -0.4 is 5.43 Å². The third-order valence-electron chi connectivity index (χ3n) is 1.46. The fourth-order valence-corrected chi connectivity index (χ4v) is 0.859. The molecule has 1 N–H and O–H groups in total. The normalized spacial score (nSPS) is 10.8. The highest BCUT2D eigenvalue weighted by molar-refractivity contribution is 5.45. The molecule has 0 aliphatic heterocycles. The zero-order valence-corrected chi connectivity index (χ0v) is 7.36. The van der Waals surface area contributed by atoms with Crippen LogP contribution in [0.3, 0.4) is 0 Å². The maximum Gasteiger partial charge on any atom is 0.315 e. The third kappa shape index (κ3) is 2.72. The second kappa shape index (κ2) is 4.65. The summed E-state index contributed by atoms with van der Waals surface area (Å²) in [5, 5.41) is 24.5. The smallest absolute Gasteiger partial charge is 0.315 e. The predicted molar refractivity (Wildman–Crippen MR) is 48.0 cm³/mol. The monoisotopic (exact) mass is 210 g/mol. The lowest BCUT2D eigenvalue weighted by Gasteiger charge is -2.03. The zero-order chi connectivity index (χ0) is 11.3. The van der Waals surface area contributed by atoms with Crippen molar-refractivity contribution in [1.82, 2.24) is 5.43 Å². The number of rotatable bonds is 4. The van der Waals surface area contributed by atoms with Crippen molar-refractivity contribution < 1.29 is 14.6 Å². The summed E-state index contributed by atoms with van der Waals surface area (Å²) in [7, 11) is 0. The fraction of sp³-hybridized carbons (Fsp3) is 0.